The lowest BCUT2D eigenvalue weighted by Gasteiger charge is -2.10. The minimum atomic E-state index is 0.156. The van der Waals surface area contributed by atoms with Crippen LogP contribution in [0.4, 0.5) is 5.82 Å². The summed E-state index contributed by atoms with van der Waals surface area (Å²) in [4.78, 5) is 12.9. The molecule has 3 aromatic heterocycles. The van der Waals surface area contributed by atoms with Gasteiger partial charge < -0.3 is 20.4 Å². The molecule has 9 nitrogen and oxygen atoms in total. The van der Waals surface area contributed by atoms with E-state index in [0.717, 1.165) is 29.6 Å². The van der Waals surface area contributed by atoms with E-state index in [0.29, 0.717) is 35.2 Å². The summed E-state index contributed by atoms with van der Waals surface area (Å²) in [6, 6.07) is 6.39. The highest BCUT2D eigenvalue weighted by molar-refractivity contribution is 5.90. The molecule has 0 radical (unpaired) electrons. The third-order valence-corrected chi connectivity index (χ3v) is 5.48. The van der Waals surface area contributed by atoms with E-state index < -0.39 is 0 Å². The van der Waals surface area contributed by atoms with Crippen molar-refractivity contribution in [3.05, 3.63) is 42.1 Å². The Morgan fingerprint density at radius 2 is 2.17 bits per heavy atom. The van der Waals surface area contributed by atoms with Crippen LogP contribution >= 0.6 is 0 Å². The van der Waals surface area contributed by atoms with E-state index in [-0.39, 0.29) is 6.04 Å². The van der Waals surface area contributed by atoms with Crippen LogP contribution in [0.3, 0.4) is 0 Å². The molecule has 1 saturated heterocycles. The van der Waals surface area contributed by atoms with Crippen molar-refractivity contribution in [2.24, 2.45) is 7.05 Å². The van der Waals surface area contributed by atoms with E-state index in [4.69, 9.17) is 15.6 Å². The maximum Gasteiger partial charge on any atom is 0.164 e. The summed E-state index contributed by atoms with van der Waals surface area (Å²) in [5.41, 5.74) is 10.3. The number of aromatic nitrogens is 6. The molecule has 1 aliphatic heterocycles. The fraction of sp³-hybridized carbons (Fsp3) is 0.333. The lowest BCUT2D eigenvalue weighted by Crippen LogP contribution is -2.25. The fourth-order valence-electron chi connectivity index (χ4n) is 3.99. The number of methoxy groups -OCH3 is 1. The van der Waals surface area contributed by atoms with E-state index in [1.54, 1.807) is 13.4 Å². The van der Waals surface area contributed by atoms with Crippen LogP contribution in [0, 0.1) is 11.8 Å². The second-order valence-electron chi connectivity index (χ2n) is 7.51. The number of hydrogen-bond acceptors (Lipinski definition) is 7. The fourth-order valence-corrected chi connectivity index (χ4v) is 3.99. The van der Waals surface area contributed by atoms with Crippen LogP contribution in [-0.4, -0.2) is 55.6 Å². The maximum absolute atomic E-state index is 6.17. The van der Waals surface area contributed by atoms with Gasteiger partial charge in [0.2, 0.25) is 0 Å². The van der Waals surface area contributed by atoms with Crippen molar-refractivity contribution in [3.63, 3.8) is 0 Å². The Balaban J connectivity index is 1.55. The molecule has 2 atom stereocenters. The van der Waals surface area contributed by atoms with Gasteiger partial charge in [-0.3, -0.25) is 0 Å². The summed E-state index contributed by atoms with van der Waals surface area (Å²) in [6.07, 6.45) is 4.17. The Labute approximate surface area is 173 Å². The molecular weight excluding hydrogens is 380 g/mol. The van der Waals surface area contributed by atoms with Crippen molar-refractivity contribution in [3.8, 4) is 11.8 Å². The van der Waals surface area contributed by atoms with Gasteiger partial charge in [-0.1, -0.05) is 5.92 Å². The molecule has 0 amide bonds. The number of nitrogens with two attached hydrogens (primary N) is 1. The molecule has 4 aromatic rings. The first-order valence-electron chi connectivity index (χ1n) is 9.78. The van der Waals surface area contributed by atoms with Crippen molar-refractivity contribution < 1.29 is 4.74 Å². The van der Waals surface area contributed by atoms with Crippen molar-refractivity contribution >= 4 is 27.9 Å². The number of rotatable bonds is 3. The number of aryl methyl sites for hydroxylation is 1. The average molecular weight is 402 g/mol. The van der Waals surface area contributed by atoms with Gasteiger partial charge in [0.25, 0.3) is 0 Å². The van der Waals surface area contributed by atoms with E-state index in [2.05, 4.69) is 32.1 Å². The number of imidazole rings is 1. The summed E-state index contributed by atoms with van der Waals surface area (Å²) in [5.74, 6) is 6.78. The van der Waals surface area contributed by atoms with Crippen LogP contribution in [0.2, 0.25) is 0 Å². The van der Waals surface area contributed by atoms with Gasteiger partial charge in [-0.15, -0.1) is 0 Å². The quantitative estimate of drug-likeness (QED) is 0.496. The zero-order valence-corrected chi connectivity index (χ0v) is 16.8. The van der Waals surface area contributed by atoms with E-state index in [1.807, 2.05) is 34.5 Å². The first-order valence-corrected chi connectivity index (χ1v) is 9.78. The van der Waals surface area contributed by atoms with Crippen molar-refractivity contribution in [2.75, 3.05) is 26.0 Å². The molecular formula is C21H22N8O. The molecule has 1 aliphatic rings. The molecule has 0 aliphatic carbocycles. The number of anilines is 1. The molecule has 5 rings (SSSR count). The smallest absolute Gasteiger partial charge is 0.164 e. The molecule has 4 heterocycles. The summed E-state index contributed by atoms with van der Waals surface area (Å²) < 4.78 is 9.17. The van der Waals surface area contributed by atoms with E-state index >= 15 is 0 Å². The second-order valence-corrected chi connectivity index (χ2v) is 7.51. The molecule has 152 valence electrons. The van der Waals surface area contributed by atoms with Crippen LogP contribution in [0.25, 0.3) is 22.1 Å². The Morgan fingerprint density at radius 1 is 1.27 bits per heavy atom. The van der Waals surface area contributed by atoms with Gasteiger partial charge in [0, 0.05) is 32.3 Å². The van der Waals surface area contributed by atoms with Crippen LogP contribution in [0.5, 0.6) is 0 Å². The predicted octanol–water partition coefficient (Wildman–Crippen LogP) is 1.24. The molecule has 0 spiro atoms. The van der Waals surface area contributed by atoms with Crippen molar-refractivity contribution in [1.82, 2.24) is 34.6 Å². The summed E-state index contributed by atoms with van der Waals surface area (Å²) in [6.45, 7) is 1.45. The molecule has 9 heteroatoms. The Morgan fingerprint density at radius 3 is 3.03 bits per heavy atom. The van der Waals surface area contributed by atoms with Gasteiger partial charge in [0.1, 0.15) is 17.8 Å². The van der Waals surface area contributed by atoms with E-state index in [1.165, 1.54) is 6.33 Å². The highest BCUT2D eigenvalue weighted by Crippen LogP contribution is 2.27. The first-order chi connectivity index (χ1) is 14.6. The zero-order chi connectivity index (χ0) is 20.7. The Kier molecular flexibility index (Phi) is 4.58. The average Bonchev–Trinajstić information content (AvgIpc) is 3.45. The number of nitrogens with one attached hydrogen (secondary N) is 1. The summed E-state index contributed by atoms with van der Waals surface area (Å²) in [7, 11) is 3.68. The number of hydrogen-bond donors (Lipinski definition) is 2. The van der Waals surface area contributed by atoms with Gasteiger partial charge in [0.15, 0.2) is 5.65 Å². The van der Waals surface area contributed by atoms with Crippen LogP contribution in [0.1, 0.15) is 23.7 Å². The first kappa shape index (κ1) is 18.5. The third kappa shape index (κ3) is 3.16. The highest BCUT2D eigenvalue weighted by Gasteiger charge is 2.28. The number of ether oxygens (including phenoxy) is 1. The van der Waals surface area contributed by atoms with Gasteiger partial charge in [-0.05, 0) is 30.5 Å². The van der Waals surface area contributed by atoms with Crippen molar-refractivity contribution in [1.29, 1.82) is 0 Å². The van der Waals surface area contributed by atoms with E-state index in [9.17, 15) is 0 Å². The summed E-state index contributed by atoms with van der Waals surface area (Å²) >= 11 is 0. The molecule has 3 N–H and O–H groups in total. The van der Waals surface area contributed by atoms with Crippen LogP contribution in [-0.2, 0) is 11.8 Å². The normalized spacial score (nSPS) is 18.7. The van der Waals surface area contributed by atoms with Gasteiger partial charge >= 0.3 is 0 Å². The number of nitrogens with zero attached hydrogens (tertiary/aromatic N) is 6. The highest BCUT2D eigenvalue weighted by atomic mass is 16.5. The minimum Gasteiger partial charge on any atom is -0.383 e. The number of benzene rings is 1. The van der Waals surface area contributed by atoms with Crippen molar-refractivity contribution in [2.45, 2.75) is 18.5 Å². The summed E-state index contributed by atoms with van der Waals surface area (Å²) in [5, 5.41) is 8.94. The molecule has 0 saturated carbocycles. The van der Waals surface area contributed by atoms with Gasteiger partial charge in [-0.25, -0.2) is 19.6 Å². The van der Waals surface area contributed by atoms with Crippen LogP contribution < -0.4 is 11.1 Å². The molecule has 1 aromatic carbocycles. The minimum absolute atomic E-state index is 0.156. The lowest BCUT2D eigenvalue weighted by molar-refractivity contribution is 0.172. The monoisotopic (exact) mass is 402 g/mol. The molecule has 1 fully saturated rings. The largest absolute Gasteiger partial charge is 0.383 e. The topological polar surface area (TPSA) is 109 Å². The maximum atomic E-state index is 6.17. The molecule has 0 bridgehead atoms. The van der Waals surface area contributed by atoms with Crippen LogP contribution in [0.15, 0.2) is 30.9 Å². The molecule has 30 heavy (non-hydrogen) atoms. The number of fused-ring (bicyclic) bond motifs is 2. The second kappa shape index (κ2) is 7.40. The van der Waals surface area contributed by atoms with Gasteiger partial charge in [0.05, 0.1) is 35.4 Å². The molecule has 0 unspecified atom stereocenters. The Hall–Kier alpha value is -3.48. The number of nitrogen functional groups attached to an aromatic ring is 1. The lowest BCUT2D eigenvalue weighted by atomic mass is 10.2. The SMILES string of the molecule is COC[C@H]1C[C@H](n2nc(C#Cc3ccc4ncn(C)c4c3)c3c(N)ncnc32)CN1. The Bertz CT molecular complexity index is 1300. The standard InChI is InChI=1S/C21H22N8O/c1-28-12-26-16-5-3-13(7-18(16)28)4-6-17-19-20(22)24-11-25-21(19)29(27-17)15-8-14(10-30-2)23-9-15/h3,5,7,11-12,14-15,23H,8-10H2,1-2H3,(H2,22,24,25)/t14-,15+/m1/s1. The van der Waals surface area contributed by atoms with Gasteiger partial charge in [-0.2, -0.15) is 5.10 Å². The predicted molar refractivity (Wildman–Crippen MR) is 114 cm³/mol. The zero-order valence-electron chi connectivity index (χ0n) is 16.8. The third-order valence-electron chi connectivity index (χ3n) is 5.48.